The lowest BCUT2D eigenvalue weighted by molar-refractivity contribution is -0.151. The van der Waals surface area contributed by atoms with Crippen molar-refractivity contribution >= 4 is 28.6 Å². The zero-order chi connectivity index (χ0) is 15.3. The summed E-state index contributed by atoms with van der Waals surface area (Å²) < 4.78 is 1.20. The van der Waals surface area contributed by atoms with E-state index in [1.165, 1.54) is 22.8 Å². The SMILES string of the molecule is CCCCC1CCC(Cc2ccc(I)cc2)(C(=O)O)CC1. The Balaban J connectivity index is 2.02. The number of halogens is 1. The lowest BCUT2D eigenvalue weighted by Gasteiger charge is -2.37. The van der Waals surface area contributed by atoms with Crippen molar-refractivity contribution in [2.45, 2.75) is 58.3 Å². The minimum absolute atomic E-state index is 0.532. The van der Waals surface area contributed by atoms with Crippen molar-refractivity contribution in [3.8, 4) is 0 Å². The highest BCUT2D eigenvalue weighted by Crippen LogP contribution is 2.43. The van der Waals surface area contributed by atoms with Crippen LogP contribution in [0.1, 0.15) is 57.4 Å². The molecule has 0 radical (unpaired) electrons. The molecule has 2 rings (SSSR count). The Morgan fingerprint density at radius 3 is 2.43 bits per heavy atom. The molecular formula is C18H25IO2. The van der Waals surface area contributed by atoms with Crippen LogP contribution in [0, 0.1) is 14.9 Å². The zero-order valence-electron chi connectivity index (χ0n) is 12.8. The summed E-state index contributed by atoms with van der Waals surface area (Å²) in [5.74, 6) is 0.143. The lowest BCUT2D eigenvalue weighted by Crippen LogP contribution is -2.37. The van der Waals surface area contributed by atoms with Gasteiger partial charge in [-0.3, -0.25) is 4.79 Å². The van der Waals surface area contributed by atoms with Crippen LogP contribution in [0.25, 0.3) is 0 Å². The van der Waals surface area contributed by atoms with Crippen molar-refractivity contribution in [1.29, 1.82) is 0 Å². The average molecular weight is 400 g/mol. The molecule has 0 saturated heterocycles. The molecule has 1 saturated carbocycles. The Hall–Kier alpha value is -0.580. The first kappa shape index (κ1) is 16.8. The van der Waals surface area contributed by atoms with Crippen LogP contribution in [0.5, 0.6) is 0 Å². The molecule has 21 heavy (non-hydrogen) atoms. The molecule has 1 N–H and O–H groups in total. The summed E-state index contributed by atoms with van der Waals surface area (Å²) >= 11 is 2.28. The van der Waals surface area contributed by atoms with E-state index in [4.69, 9.17) is 0 Å². The topological polar surface area (TPSA) is 37.3 Å². The monoisotopic (exact) mass is 400 g/mol. The molecule has 1 aliphatic carbocycles. The highest BCUT2D eigenvalue weighted by molar-refractivity contribution is 14.1. The largest absolute Gasteiger partial charge is 0.481 e. The summed E-state index contributed by atoms with van der Waals surface area (Å²) in [7, 11) is 0. The third kappa shape index (κ3) is 4.44. The highest BCUT2D eigenvalue weighted by atomic mass is 127. The van der Waals surface area contributed by atoms with E-state index in [0.717, 1.165) is 37.2 Å². The summed E-state index contributed by atoms with van der Waals surface area (Å²) in [5, 5.41) is 9.77. The number of carboxylic acid groups (broad SMARTS) is 1. The van der Waals surface area contributed by atoms with Gasteiger partial charge in [-0.25, -0.2) is 0 Å². The number of hydrogen-bond donors (Lipinski definition) is 1. The maximum atomic E-state index is 11.9. The minimum atomic E-state index is -0.602. The summed E-state index contributed by atoms with van der Waals surface area (Å²) in [5.41, 5.74) is 0.625. The number of carbonyl (C=O) groups is 1. The summed E-state index contributed by atoms with van der Waals surface area (Å²) in [6.07, 6.45) is 8.30. The Labute approximate surface area is 141 Å². The second kappa shape index (κ2) is 7.61. The second-order valence-corrected chi connectivity index (χ2v) is 7.72. The first-order chi connectivity index (χ1) is 10.1. The minimum Gasteiger partial charge on any atom is -0.481 e. The van der Waals surface area contributed by atoms with Crippen molar-refractivity contribution < 1.29 is 9.90 Å². The molecule has 0 heterocycles. The van der Waals surface area contributed by atoms with Crippen LogP contribution in [-0.4, -0.2) is 11.1 Å². The van der Waals surface area contributed by atoms with Gasteiger partial charge in [0.1, 0.15) is 0 Å². The standard InChI is InChI=1S/C18H25IO2/c1-2-3-4-14-9-11-18(12-10-14,17(20)21)13-15-5-7-16(19)8-6-15/h5-8,14H,2-4,9-13H2,1H3,(H,20,21). The fourth-order valence-corrected chi connectivity index (χ4v) is 3.83. The van der Waals surface area contributed by atoms with Gasteiger partial charge in [0.15, 0.2) is 0 Å². The van der Waals surface area contributed by atoms with Crippen LogP contribution in [0.15, 0.2) is 24.3 Å². The number of unbranched alkanes of at least 4 members (excludes halogenated alkanes) is 1. The number of benzene rings is 1. The van der Waals surface area contributed by atoms with Gasteiger partial charge in [-0.15, -0.1) is 0 Å². The average Bonchev–Trinajstić information content (AvgIpc) is 2.49. The molecule has 1 aliphatic rings. The van der Waals surface area contributed by atoms with Crippen LogP contribution in [0.2, 0.25) is 0 Å². The van der Waals surface area contributed by atoms with Gasteiger partial charge in [-0.2, -0.15) is 0 Å². The number of hydrogen-bond acceptors (Lipinski definition) is 1. The molecule has 1 fully saturated rings. The predicted molar refractivity (Wildman–Crippen MR) is 94.4 cm³/mol. The van der Waals surface area contributed by atoms with E-state index in [-0.39, 0.29) is 0 Å². The predicted octanol–water partition coefficient (Wildman–Crippen LogP) is 5.29. The van der Waals surface area contributed by atoms with Crippen molar-refractivity contribution in [3.05, 3.63) is 33.4 Å². The van der Waals surface area contributed by atoms with Gasteiger partial charge in [0.2, 0.25) is 0 Å². The quantitative estimate of drug-likeness (QED) is 0.660. The third-order valence-corrected chi connectivity index (χ3v) is 5.66. The van der Waals surface area contributed by atoms with E-state index in [9.17, 15) is 9.90 Å². The molecule has 0 atom stereocenters. The van der Waals surface area contributed by atoms with Gasteiger partial charge in [0.25, 0.3) is 0 Å². The van der Waals surface area contributed by atoms with E-state index in [2.05, 4.69) is 53.8 Å². The highest BCUT2D eigenvalue weighted by Gasteiger charge is 2.41. The smallest absolute Gasteiger partial charge is 0.309 e. The van der Waals surface area contributed by atoms with Crippen molar-refractivity contribution in [1.82, 2.24) is 0 Å². The van der Waals surface area contributed by atoms with Crippen molar-refractivity contribution in [2.75, 3.05) is 0 Å². The molecule has 0 amide bonds. The van der Waals surface area contributed by atoms with Gasteiger partial charge < -0.3 is 5.11 Å². The van der Waals surface area contributed by atoms with Gasteiger partial charge in [-0.1, -0.05) is 38.3 Å². The molecule has 116 valence electrons. The summed E-state index contributed by atoms with van der Waals surface area (Å²) in [6.45, 7) is 2.22. The fraction of sp³-hybridized carbons (Fsp3) is 0.611. The van der Waals surface area contributed by atoms with Crippen molar-refractivity contribution in [3.63, 3.8) is 0 Å². The summed E-state index contributed by atoms with van der Waals surface area (Å²) in [4.78, 5) is 11.9. The molecule has 3 heteroatoms. The molecule has 0 unspecified atom stereocenters. The Morgan fingerprint density at radius 2 is 1.90 bits per heavy atom. The molecule has 1 aromatic rings. The Kier molecular flexibility index (Phi) is 6.08. The third-order valence-electron chi connectivity index (χ3n) is 4.94. The molecule has 0 spiro atoms. The molecule has 0 aromatic heterocycles. The first-order valence-corrected chi connectivity index (χ1v) is 9.11. The summed E-state index contributed by atoms with van der Waals surface area (Å²) in [6, 6.07) is 8.29. The van der Waals surface area contributed by atoms with Gasteiger partial charge in [-0.05, 0) is 78.3 Å². The molecule has 0 aliphatic heterocycles. The normalized spacial score (nSPS) is 25.7. The number of carboxylic acids is 1. The second-order valence-electron chi connectivity index (χ2n) is 6.47. The van der Waals surface area contributed by atoms with Gasteiger partial charge in [0.05, 0.1) is 5.41 Å². The Morgan fingerprint density at radius 1 is 1.29 bits per heavy atom. The van der Waals surface area contributed by atoms with Crippen LogP contribution >= 0.6 is 22.6 Å². The number of aliphatic carboxylic acids is 1. The lowest BCUT2D eigenvalue weighted by atomic mass is 9.66. The zero-order valence-corrected chi connectivity index (χ0v) is 14.9. The van der Waals surface area contributed by atoms with Gasteiger partial charge in [0, 0.05) is 3.57 Å². The Bertz CT molecular complexity index is 459. The molecule has 1 aromatic carbocycles. The van der Waals surface area contributed by atoms with E-state index in [1.807, 2.05) is 0 Å². The van der Waals surface area contributed by atoms with E-state index in [0.29, 0.717) is 6.42 Å². The van der Waals surface area contributed by atoms with Crippen LogP contribution < -0.4 is 0 Å². The first-order valence-electron chi connectivity index (χ1n) is 8.03. The van der Waals surface area contributed by atoms with E-state index in [1.54, 1.807) is 0 Å². The van der Waals surface area contributed by atoms with Crippen LogP contribution in [0.4, 0.5) is 0 Å². The van der Waals surface area contributed by atoms with Gasteiger partial charge >= 0.3 is 5.97 Å². The number of rotatable bonds is 6. The fourth-order valence-electron chi connectivity index (χ4n) is 3.47. The maximum absolute atomic E-state index is 11.9. The van der Waals surface area contributed by atoms with Crippen LogP contribution in [-0.2, 0) is 11.2 Å². The molecular weight excluding hydrogens is 375 g/mol. The van der Waals surface area contributed by atoms with E-state index >= 15 is 0 Å². The molecule has 2 nitrogen and oxygen atoms in total. The maximum Gasteiger partial charge on any atom is 0.309 e. The van der Waals surface area contributed by atoms with Crippen LogP contribution in [0.3, 0.4) is 0 Å². The molecule has 0 bridgehead atoms. The van der Waals surface area contributed by atoms with E-state index < -0.39 is 11.4 Å². The van der Waals surface area contributed by atoms with Crippen molar-refractivity contribution in [2.24, 2.45) is 11.3 Å².